The number of halogens is 2. The molecule has 2 rings (SSSR count). The van der Waals surface area contributed by atoms with Crippen molar-refractivity contribution in [3.05, 3.63) is 21.1 Å². The number of nitrogens with zero attached hydrogens (tertiary/aromatic N) is 1. The van der Waals surface area contributed by atoms with Gasteiger partial charge in [-0.1, -0.05) is 6.92 Å². The molecule has 0 saturated carbocycles. The van der Waals surface area contributed by atoms with Gasteiger partial charge < -0.3 is 10.6 Å². The van der Waals surface area contributed by atoms with Crippen LogP contribution in [0.5, 0.6) is 0 Å². The first-order valence-corrected chi connectivity index (χ1v) is 9.89. The minimum atomic E-state index is -3.60. The van der Waals surface area contributed by atoms with E-state index < -0.39 is 10.0 Å². The molecule has 8 heteroatoms. The fourth-order valence-electron chi connectivity index (χ4n) is 2.55. The average molecular weight is 441 g/mol. The lowest BCUT2D eigenvalue weighted by Gasteiger charge is -2.32. The third-order valence-electron chi connectivity index (χ3n) is 3.56. The van der Waals surface area contributed by atoms with E-state index in [9.17, 15) is 8.42 Å². The van der Waals surface area contributed by atoms with Crippen molar-refractivity contribution in [3.8, 4) is 0 Å². The second-order valence-corrected chi connectivity index (χ2v) is 8.53. The molecule has 118 valence electrons. The van der Waals surface area contributed by atoms with Gasteiger partial charge in [-0.3, -0.25) is 0 Å². The van der Waals surface area contributed by atoms with E-state index in [2.05, 4.69) is 48.4 Å². The quantitative estimate of drug-likeness (QED) is 0.705. The molecule has 0 radical (unpaired) electrons. The smallest absolute Gasteiger partial charge is 0.243 e. The Hall–Kier alpha value is -0.150. The van der Waals surface area contributed by atoms with E-state index in [0.29, 0.717) is 14.6 Å². The zero-order valence-corrected chi connectivity index (χ0v) is 15.8. The summed E-state index contributed by atoms with van der Waals surface area (Å²) in [6, 6.07) is 3.14. The van der Waals surface area contributed by atoms with Crippen LogP contribution in [0.15, 0.2) is 26.0 Å². The summed E-state index contributed by atoms with van der Waals surface area (Å²) in [5.41, 5.74) is 6.21. The highest BCUT2D eigenvalue weighted by Crippen LogP contribution is 2.32. The number of benzene rings is 1. The lowest BCUT2D eigenvalue weighted by atomic mass is 10.1. The Kier molecular flexibility index (Phi) is 5.70. The van der Waals surface area contributed by atoms with Crippen molar-refractivity contribution in [2.45, 2.75) is 30.7 Å². The molecule has 0 bridgehead atoms. The number of likely N-dealkylation sites (tertiary alicyclic amines) is 1. The van der Waals surface area contributed by atoms with Crippen LogP contribution in [0.4, 0.5) is 5.69 Å². The number of nitrogen functional groups attached to an aromatic ring is 1. The Morgan fingerprint density at radius 1 is 1.38 bits per heavy atom. The van der Waals surface area contributed by atoms with Gasteiger partial charge in [0, 0.05) is 27.2 Å². The van der Waals surface area contributed by atoms with Crippen LogP contribution in [0.1, 0.15) is 19.8 Å². The predicted molar refractivity (Wildman–Crippen MR) is 91.7 cm³/mol. The van der Waals surface area contributed by atoms with Gasteiger partial charge in [0.05, 0.1) is 0 Å². The zero-order valence-electron chi connectivity index (χ0n) is 11.8. The molecular formula is C13H19Br2N3O2S. The Morgan fingerprint density at radius 3 is 2.57 bits per heavy atom. The first-order valence-electron chi connectivity index (χ1n) is 6.82. The molecule has 1 heterocycles. The zero-order chi connectivity index (χ0) is 15.6. The average Bonchev–Trinajstić information content (AvgIpc) is 2.36. The fourth-order valence-corrected chi connectivity index (χ4v) is 6.43. The van der Waals surface area contributed by atoms with Crippen molar-refractivity contribution in [3.63, 3.8) is 0 Å². The molecule has 5 nitrogen and oxygen atoms in total. The number of sulfonamides is 1. The number of nitrogens with one attached hydrogen (secondary N) is 1. The molecule has 0 amide bonds. The van der Waals surface area contributed by atoms with Crippen LogP contribution in [-0.2, 0) is 10.0 Å². The summed E-state index contributed by atoms with van der Waals surface area (Å²) in [6.45, 7) is 4.81. The van der Waals surface area contributed by atoms with Crippen molar-refractivity contribution in [1.29, 1.82) is 0 Å². The first kappa shape index (κ1) is 17.2. The Balaban J connectivity index is 2.23. The highest BCUT2D eigenvalue weighted by atomic mass is 79.9. The fraction of sp³-hybridized carbons (Fsp3) is 0.538. The molecule has 1 fully saturated rings. The van der Waals surface area contributed by atoms with Crippen LogP contribution < -0.4 is 10.5 Å². The summed E-state index contributed by atoms with van der Waals surface area (Å²) in [6.07, 6.45) is 1.87. The van der Waals surface area contributed by atoms with E-state index in [0.717, 1.165) is 32.5 Å². The van der Waals surface area contributed by atoms with Crippen molar-refractivity contribution in [2.24, 2.45) is 0 Å². The van der Waals surface area contributed by atoms with E-state index in [-0.39, 0.29) is 10.9 Å². The van der Waals surface area contributed by atoms with Gasteiger partial charge in [-0.15, -0.1) is 0 Å². The maximum atomic E-state index is 12.6. The SMILES string of the molecule is CCN1CCCC(NS(=O)(=O)c2c(Br)cc(N)cc2Br)C1. The van der Waals surface area contributed by atoms with Gasteiger partial charge in [0.2, 0.25) is 10.0 Å². The van der Waals surface area contributed by atoms with Crippen LogP contribution in [0.3, 0.4) is 0 Å². The molecule has 1 atom stereocenters. The largest absolute Gasteiger partial charge is 0.399 e. The number of hydrogen-bond acceptors (Lipinski definition) is 4. The lowest BCUT2D eigenvalue weighted by Crippen LogP contribution is -2.47. The summed E-state index contributed by atoms with van der Waals surface area (Å²) >= 11 is 6.57. The van der Waals surface area contributed by atoms with Crippen molar-refractivity contribution in [1.82, 2.24) is 9.62 Å². The van der Waals surface area contributed by atoms with Crippen LogP contribution in [-0.4, -0.2) is 39.0 Å². The van der Waals surface area contributed by atoms with Crippen LogP contribution in [0.25, 0.3) is 0 Å². The molecule has 1 aliphatic rings. The van der Waals surface area contributed by atoms with Gasteiger partial charge in [-0.05, 0) is 69.9 Å². The molecule has 0 aromatic heterocycles. The molecule has 3 N–H and O–H groups in total. The van der Waals surface area contributed by atoms with Crippen molar-refractivity contribution in [2.75, 3.05) is 25.4 Å². The van der Waals surface area contributed by atoms with E-state index in [1.54, 1.807) is 12.1 Å². The summed E-state index contributed by atoms with van der Waals surface area (Å²) in [5, 5.41) is 0. The van der Waals surface area contributed by atoms with Gasteiger partial charge in [-0.25, -0.2) is 13.1 Å². The van der Waals surface area contributed by atoms with Gasteiger partial charge >= 0.3 is 0 Å². The topological polar surface area (TPSA) is 75.4 Å². The van der Waals surface area contributed by atoms with Crippen molar-refractivity contribution >= 4 is 47.6 Å². The van der Waals surface area contributed by atoms with E-state index >= 15 is 0 Å². The molecular weight excluding hydrogens is 422 g/mol. The highest BCUT2D eigenvalue weighted by molar-refractivity contribution is 9.11. The van der Waals surface area contributed by atoms with Gasteiger partial charge in [0.1, 0.15) is 4.90 Å². The third kappa shape index (κ3) is 4.19. The van der Waals surface area contributed by atoms with Crippen LogP contribution in [0.2, 0.25) is 0 Å². The molecule has 0 aliphatic carbocycles. The molecule has 1 unspecified atom stereocenters. The summed E-state index contributed by atoms with van der Waals surface area (Å²) in [5.74, 6) is 0. The second kappa shape index (κ2) is 6.95. The molecule has 0 spiro atoms. The minimum Gasteiger partial charge on any atom is -0.399 e. The summed E-state index contributed by atoms with van der Waals surface area (Å²) in [7, 11) is -3.60. The molecule has 1 saturated heterocycles. The number of likely N-dealkylation sites (N-methyl/N-ethyl adjacent to an activating group) is 1. The molecule has 1 aliphatic heterocycles. The van der Waals surface area contributed by atoms with E-state index in [1.165, 1.54) is 0 Å². The summed E-state index contributed by atoms with van der Waals surface area (Å²) < 4.78 is 29.0. The number of anilines is 1. The first-order chi connectivity index (χ1) is 9.83. The second-order valence-electron chi connectivity index (χ2n) is 5.17. The van der Waals surface area contributed by atoms with E-state index in [1.807, 2.05) is 0 Å². The Bertz CT molecular complexity index is 599. The molecule has 1 aromatic carbocycles. The monoisotopic (exact) mass is 439 g/mol. The standard InChI is InChI=1S/C13H19Br2N3O2S/c1-2-18-5-3-4-10(8-18)17-21(19,20)13-11(14)6-9(16)7-12(13)15/h6-7,10,17H,2-5,8,16H2,1H3. The minimum absolute atomic E-state index is 0.0555. The van der Waals surface area contributed by atoms with Gasteiger partial charge in [-0.2, -0.15) is 0 Å². The Labute approximate surface area is 142 Å². The number of rotatable bonds is 4. The number of nitrogens with two attached hydrogens (primary N) is 1. The molecule has 1 aromatic rings. The van der Waals surface area contributed by atoms with Crippen LogP contribution in [0, 0.1) is 0 Å². The maximum absolute atomic E-state index is 12.6. The third-order valence-corrected chi connectivity index (χ3v) is 6.96. The van der Waals surface area contributed by atoms with Crippen LogP contribution >= 0.6 is 31.9 Å². The number of hydrogen-bond donors (Lipinski definition) is 2. The van der Waals surface area contributed by atoms with E-state index in [4.69, 9.17) is 5.73 Å². The maximum Gasteiger partial charge on any atom is 0.243 e. The van der Waals surface area contributed by atoms with Gasteiger partial charge in [0.25, 0.3) is 0 Å². The Morgan fingerprint density at radius 2 is 2.00 bits per heavy atom. The molecule has 21 heavy (non-hydrogen) atoms. The number of piperidine rings is 1. The highest BCUT2D eigenvalue weighted by Gasteiger charge is 2.27. The lowest BCUT2D eigenvalue weighted by molar-refractivity contribution is 0.211. The summed E-state index contributed by atoms with van der Waals surface area (Å²) in [4.78, 5) is 2.45. The van der Waals surface area contributed by atoms with Gasteiger partial charge in [0.15, 0.2) is 0 Å². The predicted octanol–water partition coefficient (Wildman–Crippen LogP) is 2.56. The van der Waals surface area contributed by atoms with Crippen molar-refractivity contribution < 1.29 is 8.42 Å². The normalized spacial score (nSPS) is 20.6.